The molecular formula is C12H25NO2. The molecule has 1 rings (SSSR count). The zero-order valence-corrected chi connectivity index (χ0v) is 9.91. The second-order valence-corrected chi connectivity index (χ2v) is 4.81. The van der Waals surface area contributed by atoms with Gasteiger partial charge in [-0.25, -0.2) is 0 Å². The number of rotatable bonds is 7. The lowest BCUT2D eigenvalue weighted by molar-refractivity contribution is 0.0775. The van der Waals surface area contributed by atoms with Crippen molar-refractivity contribution in [3.63, 3.8) is 0 Å². The van der Waals surface area contributed by atoms with Crippen LogP contribution in [0.4, 0.5) is 0 Å². The van der Waals surface area contributed by atoms with Crippen LogP contribution in [0, 0.1) is 5.41 Å². The third-order valence-electron chi connectivity index (χ3n) is 3.64. The summed E-state index contributed by atoms with van der Waals surface area (Å²) in [5, 5.41) is 18.3. The van der Waals surface area contributed by atoms with Crippen molar-refractivity contribution in [1.82, 2.24) is 4.90 Å². The van der Waals surface area contributed by atoms with Crippen LogP contribution in [0.2, 0.25) is 0 Å². The predicted octanol–water partition coefficient (Wildman–Crippen LogP) is 1.24. The van der Waals surface area contributed by atoms with E-state index in [2.05, 4.69) is 11.8 Å². The van der Waals surface area contributed by atoms with Crippen LogP contribution in [-0.4, -0.2) is 48.0 Å². The summed E-state index contributed by atoms with van der Waals surface area (Å²) in [5.74, 6) is 0. The molecule has 3 heteroatoms. The van der Waals surface area contributed by atoms with Gasteiger partial charge in [0.1, 0.15) is 0 Å². The van der Waals surface area contributed by atoms with Crippen LogP contribution in [0.1, 0.15) is 39.0 Å². The fraction of sp³-hybridized carbons (Fsp3) is 1.00. The van der Waals surface area contributed by atoms with Gasteiger partial charge in [0.15, 0.2) is 0 Å². The maximum atomic E-state index is 9.51. The van der Waals surface area contributed by atoms with Gasteiger partial charge >= 0.3 is 0 Å². The van der Waals surface area contributed by atoms with Crippen molar-refractivity contribution in [2.45, 2.75) is 39.0 Å². The van der Waals surface area contributed by atoms with Gasteiger partial charge in [0.05, 0.1) is 0 Å². The van der Waals surface area contributed by atoms with Crippen LogP contribution < -0.4 is 0 Å². The van der Waals surface area contributed by atoms with E-state index in [-0.39, 0.29) is 12.0 Å². The molecule has 0 amide bonds. The average Bonchev–Trinajstić information content (AvgIpc) is 2.73. The van der Waals surface area contributed by atoms with E-state index in [4.69, 9.17) is 5.11 Å². The highest BCUT2D eigenvalue weighted by atomic mass is 16.3. The van der Waals surface area contributed by atoms with Gasteiger partial charge in [-0.1, -0.05) is 19.8 Å². The van der Waals surface area contributed by atoms with Gasteiger partial charge in [-0.2, -0.15) is 0 Å². The van der Waals surface area contributed by atoms with Gasteiger partial charge in [-0.3, -0.25) is 0 Å². The van der Waals surface area contributed by atoms with E-state index in [1.54, 1.807) is 0 Å². The van der Waals surface area contributed by atoms with Crippen LogP contribution in [0.3, 0.4) is 0 Å². The number of aliphatic hydroxyl groups is 2. The molecule has 0 bridgehead atoms. The zero-order valence-electron chi connectivity index (χ0n) is 9.91. The molecule has 15 heavy (non-hydrogen) atoms. The summed E-state index contributed by atoms with van der Waals surface area (Å²) in [5.41, 5.74) is 0.158. The number of aliphatic hydroxyl groups excluding tert-OH is 2. The second-order valence-electron chi connectivity index (χ2n) is 4.81. The minimum Gasteiger partial charge on any atom is -0.396 e. The number of nitrogens with zero attached hydrogens (tertiary/aromatic N) is 1. The normalized spacial score (nSPS) is 20.0. The first-order valence-corrected chi connectivity index (χ1v) is 6.20. The molecule has 0 radical (unpaired) electrons. The summed E-state index contributed by atoms with van der Waals surface area (Å²) in [4.78, 5) is 2.36. The Hall–Kier alpha value is -0.120. The Morgan fingerprint density at radius 2 is 1.87 bits per heavy atom. The fourth-order valence-corrected chi connectivity index (χ4v) is 2.61. The Kier molecular flexibility index (Phi) is 5.58. The summed E-state index contributed by atoms with van der Waals surface area (Å²) in [7, 11) is 0. The van der Waals surface area contributed by atoms with Crippen molar-refractivity contribution >= 4 is 0 Å². The van der Waals surface area contributed by atoms with Gasteiger partial charge in [-0.15, -0.1) is 0 Å². The quantitative estimate of drug-likeness (QED) is 0.671. The Balaban J connectivity index is 2.40. The molecule has 1 saturated carbocycles. The topological polar surface area (TPSA) is 43.7 Å². The summed E-state index contributed by atoms with van der Waals surface area (Å²) >= 11 is 0. The molecule has 0 atom stereocenters. The molecule has 90 valence electrons. The van der Waals surface area contributed by atoms with Crippen molar-refractivity contribution < 1.29 is 10.2 Å². The van der Waals surface area contributed by atoms with Crippen LogP contribution in [0.5, 0.6) is 0 Å². The molecule has 0 unspecified atom stereocenters. The first-order valence-electron chi connectivity index (χ1n) is 6.20. The largest absolute Gasteiger partial charge is 0.396 e. The third-order valence-corrected chi connectivity index (χ3v) is 3.64. The Labute approximate surface area is 93.1 Å². The molecule has 2 N–H and O–H groups in total. The summed E-state index contributed by atoms with van der Waals surface area (Å²) < 4.78 is 0. The molecule has 1 aliphatic rings. The van der Waals surface area contributed by atoms with Crippen LogP contribution in [0.15, 0.2) is 0 Å². The molecule has 3 nitrogen and oxygen atoms in total. The number of hydrogen-bond donors (Lipinski definition) is 2. The minimum absolute atomic E-state index is 0.158. The van der Waals surface area contributed by atoms with Crippen LogP contribution >= 0.6 is 0 Å². The lowest BCUT2D eigenvalue weighted by Crippen LogP contribution is -2.39. The monoisotopic (exact) mass is 215 g/mol. The molecule has 1 aliphatic carbocycles. The fourth-order valence-electron chi connectivity index (χ4n) is 2.61. The van der Waals surface area contributed by atoms with Gasteiger partial charge in [0.2, 0.25) is 0 Å². The van der Waals surface area contributed by atoms with E-state index < -0.39 is 0 Å². The Bertz CT molecular complexity index is 167. The molecular weight excluding hydrogens is 190 g/mol. The highest BCUT2D eigenvalue weighted by molar-refractivity contribution is 4.86. The highest BCUT2D eigenvalue weighted by Crippen LogP contribution is 2.38. The Morgan fingerprint density at radius 1 is 1.20 bits per heavy atom. The molecule has 0 aliphatic heterocycles. The van der Waals surface area contributed by atoms with Crippen molar-refractivity contribution in [3.8, 4) is 0 Å². The summed E-state index contributed by atoms with van der Waals surface area (Å²) in [6, 6.07) is 0. The lowest BCUT2D eigenvalue weighted by Gasteiger charge is -2.33. The smallest absolute Gasteiger partial charge is 0.0499 e. The third kappa shape index (κ3) is 3.74. The Morgan fingerprint density at radius 3 is 2.33 bits per heavy atom. The van der Waals surface area contributed by atoms with Crippen molar-refractivity contribution in [2.75, 3.05) is 32.8 Å². The average molecular weight is 215 g/mol. The van der Waals surface area contributed by atoms with Crippen LogP contribution in [0.25, 0.3) is 0 Å². The minimum atomic E-state index is 0.158. The maximum Gasteiger partial charge on any atom is 0.0499 e. The number of hydrogen-bond acceptors (Lipinski definition) is 3. The molecule has 1 fully saturated rings. The summed E-state index contributed by atoms with van der Waals surface area (Å²) in [6.07, 6.45) is 5.70. The molecule has 0 heterocycles. The van der Waals surface area contributed by atoms with Crippen molar-refractivity contribution in [1.29, 1.82) is 0 Å². The molecule has 0 aromatic carbocycles. The van der Waals surface area contributed by atoms with E-state index in [1.807, 2.05) is 0 Å². The first-order chi connectivity index (χ1) is 7.26. The van der Waals surface area contributed by atoms with Gasteiger partial charge in [-0.05, 0) is 25.8 Å². The van der Waals surface area contributed by atoms with E-state index in [1.165, 1.54) is 25.7 Å². The van der Waals surface area contributed by atoms with Gasteiger partial charge < -0.3 is 15.1 Å². The van der Waals surface area contributed by atoms with E-state index >= 15 is 0 Å². The molecule has 0 aromatic heterocycles. The second kappa shape index (κ2) is 6.46. The van der Waals surface area contributed by atoms with Gasteiger partial charge in [0, 0.05) is 31.7 Å². The molecule has 0 saturated heterocycles. The summed E-state index contributed by atoms with van der Waals surface area (Å²) in [6.45, 7) is 5.71. The lowest BCUT2D eigenvalue weighted by atomic mass is 9.86. The van der Waals surface area contributed by atoms with Crippen molar-refractivity contribution in [3.05, 3.63) is 0 Å². The first kappa shape index (κ1) is 12.9. The standard InChI is InChI=1S/C12H25NO2/c1-2-13(8-5-9-14)10-12(11-15)6-3-4-7-12/h14-15H,2-11H2,1H3. The zero-order chi connectivity index (χ0) is 11.1. The predicted molar refractivity (Wildman–Crippen MR) is 61.8 cm³/mol. The van der Waals surface area contributed by atoms with E-state index in [0.29, 0.717) is 6.61 Å². The molecule has 0 aromatic rings. The van der Waals surface area contributed by atoms with Crippen molar-refractivity contribution in [2.24, 2.45) is 5.41 Å². The van der Waals surface area contributed by atoms with Crippen LogP contribution in [-0.2, 0) is 0 Å². The van der Waals surface area contributed by atoms with Gasteiger partial charge in [0.25, 0.3) is 0 Å². The van der Waals surface area contributed by atoms with E-state index in [9.17, 15) is 5.11 Å². The van der Waals surface area contributed by atoms with E-state index in [0.717, 1.165) is 26.1 Å². The highest BCUT2D eigenvalue weighted by Gasteiger charge is 2.34. The SMILES string of the molecule is CCN(CCCO)CC1(CO)CCCC1. The maximum absolute atomic E-state index is 9.51. The molecule has 0 spiro atoms.